The van der Waals surface area contributed by atoms with E-state index >= 15 is 0 Å². The van der Waals surface area contributed by atoms with Gasteiger partial charge in [0.15, 0.2) is 0 Å². The molecule has 0 N–H and O–H groups in total. The van der Waals surface area contributed by atoms with Gasteiger partial charge in [-0.1, -0.05) is 54.1 Å². The lowest BCUT2D eigenvalue weighted by Gasteiger charge is -2.16. The summed E-state index contributed by atoms with van der Waals surface area (Å²) in [5.41, 5.74) is 1.96. The molecule has 0 unspecified atom stereocenters. The highest BCUT2D eigenvalue weighted by Crippen LogP contribution is 2.14. The molecule has 0 saturated heterocycles. The van der Waals surface area contributed by atoms with Gasteiger partial charge in [0.1, 0.15) is 13.2 Å². The van der Waals surface area contributed by atoms with Crippen molar-refractivity contribution in [2.24, 2.45) is 0 Å². The van der Waals surface area contributed by atoms with Crippen LogP contribution in [0.5, 0.6) is 0 Å². The van der Waals surface area contributed by atoms with Crippen molar-refractivity contribution in [3.63, 3.8) is 0 Å². The molecule has 5 nitrogen and oxygen atoms in total. The number of nitrogens with zero attached hydrogens (tertiary/aromatic N) is 1. The third-order valence-electron chi connectivity index (χ3n) is 3.53. The number of likely N-dealkylation sites (N-methyl/N-ethyl adjacent to an activating group) is 1. The van der Waals surface area contributed by atoms with Crippen molar-refractivity contribution in [3.05, 3.63) is 71.8 Å². The van der Waals surface area contributed by atoms with Crippen molar-refractivity contribution in [2.75, 3.05) is 20.2 Å². The molecule has 0 aliphatic carbocycles. The Hall–Kier alpha value is -2.44. The Morgan fingerprint density at radius 2 is 1.72 bits per heavy atom. The predicted octanol–water partition coefficient (Wildman–Crippen LogP) is 2.87. The number of carbonyl (C=O) groups excluding carboxylic acids is 1. The molecule has 132 valence electrons. The Bertz CT molecular complexity index is 827. The number of aryl methyl sites for hydroxylation is 1. The molecule has 2 rings (SSSR count). The predicted molar refractivity (Wildman–Crippen MR) is 97.4 cm³/mol. The van der Waals surface area contributed by atoms with Gasteiger partial charge in [0.25, 0.3) is 0 Å². The van der Waals surface area contributed by atoms with Gasteiger partial charge in [-0.2, -0.15) is 4.31 Å². The molecule has 0 radical (unpaired) electrons. The van der Waals surface area contributed by atoms with Crippen LogP contribution in [0.1, 0.15) is 11.1 Å². The van der Waals surface area contributed by atoms with Crippen molar-refractivity contribution in [1.82, 2.24) is 4.31 Å². The summed E-state index contributed by atoms with van der Waals surface area (Å²) in [7, 11) is -2.35. The highest BCUT2D eigenvalue weighted by atomic mass is 32.2. The van der Waals surface area contributed by atoms with E-state index in [1.54, 1.807) is 18.2 Å². The van der Waals surface area contributed by atoms with E-state index in [1.807, 2.05) is 43.3 Å². The van der Waals surface area contributed by atoms with Gasteiger partial charge < -0.3 is 4.74 Å². The van der Waals surface area contributed by atoms with Crippen LogP contribution in [0.25, 0.3) is 6.08 Å². The minimum atomic E-state index is -3.71. The average molecular weight is 359 g/mol. The molecule has 0 bridgehead atoms. The van der Waals surface area contributed by atoms with E-state index < -0.39 is 16.0 Å². The number of esters is 1. The molecule has 0 aliphatic heterocycles. The quantitative estimate of drug-likeness (QED) is 0.713. The second-order valence-corrected chi connectivity index (χ2v) is 7.62. The lowest BCUT2D eigenvalue weighted by Crippen LogP contribution is -2.33. The van der Waals surface area contributed by atoms with Crippen LogP contribution in [0.3, 0.4) is 0 Å². The highest BCUT2D eigenvalue weighted by Gasteiger charge is 2.23. The zero-order valence-electron chi connectivity index (χ0n) is 14.3. The standard InChI is InChI=1S/C19H21NO4S/c1-16-10-12-18(13-11-16)25(22,23)20(2)15-19(21)24-14-6-9-17-7-4-3-5-8-17/h3-13H,14-15H2,1-2H3. The Kier molecular flexibility index (Phi) is 6.50. The summed E-state index contributed by atoms with van der Waals surface area (Å²) in [6.07, 6.45) is 3.54. The first-order valence-electron chi connectivity index (χ1n) is 7.80. The summed E-state index contributed by atoms with van der Waals surface area (Å²) in [5.74, 6) is -0.601. The highest BCUT2D eigenvalue weighted by molar-refractivity contribution is 7.89. The number of ether oxygens (including phenoxy) is 1. The van der Waals surface area contributed by atoms with Gasteiger partial charge in [0.2, 0.25) is 10.0 Å². The van der Waals surface area contributed by atoms with Crippen LogP contribution in [0.15, 0.2) is 65.6 Å². The monoisotopic (exact) mass is 359 g/mol. The van der Waals surface area contributed by atoms with E-state index in [2.05, 4.69) is 0 Å². The number of carbonyl (C=O) groups is 1. The average Bonchev–Trinajstić information content (AvgIpc) is 2.60. The molecule has 0 aliphatic rings. The summed E-state index contributed by atoms with van der Waals surface area (Å²) in [4.78, 5) is 12.0. The summed E-state index contributed by atoms with van der Waals surface area (Å²) in [6.45, 7) is 1.63. The van der Waals surface area contributed by atoms with Crippen molar-refractivity contribution >= 4 is 22.1 Å². The molecule has 2 aromatic carbocycles. The Labute approximate surface area is 148 Å². The van der Waals surface area contributed by atoms with Crippen molar-refractivity contribution < 1.29 is 17.9 Å². The van der Waals surface area contributed by atoms with Gasteiger partial charge in [-0.25, -0.2) is 8.42 Å². The van der Waals surface area contributed by atoms with Gasteiger partial charge in [0, 0.05) is 7.05 Å². The first-order chi connectivity index (χ1) is 11.9. The van der Waals surface area contributed by atoms with Crippen LogP contribution in [-0.2, 0) is 19.6 Å². The second kappa shape index (κ2) is 8.60. The van der Waals surface area contributed by atoms with Crippen LogP contribution in [0.4, 0.5) is 0 Å². The molecule has 0 amide bonds. The first kappa shape index (κ1) is 18.9. The maximum absolute atomic E-state index is 12.4. The maximum atomic E-state index is 12.4. The van der Waals surface area contributed by atoms with Crippen molar-refractivity contribution in [2.45, 2.75) is 11.8 Å². The Morgan fingerprint density at radius 3 is 2.36 bits per heavy atom. The van der Waals surface area contributed by atoms with E-state index in [9.17, 15) is 13.2 Å². The van der Waals surface area contributed by atoms with Gasteiger partial charge in [-0.15, -0.1) is 0 Å². The van der Waals surface area contributed by atoms with E-state index in [0.717, 1.165) is 15.4 Å². The fourth-order valence-electron chi connectivity index (χ4n) is 2.09. The number of benzene rings is 2. The number of hydrogen-bond donors (Lipinski definition) is 0. The fourth-order valence-corrected chi connectivity index (χ4v) is 3.21. The van der Waals surface area contributed by atoms with Gasteiger partial charge >= 0.3 is 5.97 Å². The van der Waals surface area contributed by atoms with Crippen LogP contribution >= 0.6 is 0 Å². The lowest BCUT2D eigenvalue weighted by molar-refractivity contribution is -0.142. The summed E-state index contributed by atoms with van der Waals surface area (Å²) in [6, 6.07) is 16.1. The van der Waals surface area contributed by atoms with Crippen LogP contribution in [-0.4, -0.2) is 38.9 Å². The van der Waals surface area contributed by atoms with E-state index in [4.69, 9.17) is 4.74 Å². The zero-order chi connectivity index (χ0) is 18.3. The molecule has 25 heavy (non-hydrogen) atoms. The SMILES string of the molecule is Cc1ccc(S(=O)(=O)N(C)CC(=O)OCC=Cc2ccccc2)cc1. The first-order valence-corrected chi connectivity index (χ1v) is 9.24. The third-order valence-corrected chi connectivity index (χ3v) is 5.35. The molecule has 0 atom stereocenters. The number of rotatable bonds is 7. The fraction of sp³-hybridized carbons (Fsp3) is 0.211. The molecular formula is C19H21NO4S. The van der Waals surface area contributed by atoms with Gasteiger partial charge in [-0.3, -0.25) is 4.79 Å². The van der Waals surface area contributed by atoms with Crippen molar-refractivity contribution in [3.8, 4) is 0 Å². The number of sulfonamides is 1. The zero-order valence-corrected chi connectivity index (χ0v) is 15.1. The van der Waals surface area contributed by atoms with Crippen LogP contribution < -0.4 is 0 Å². The van der Waals surface area contributed by atoms with Gasteiger partial charge in [0.05, 0.1) is 4.90 Å². The maximum Gasteiger partial charge on any atom is 0.321 e. The molecule has 2 aromatic rings. The second-order valence-electron chi connectivity index (χ2n) is 5.57. The van der Waals surface area contributed by atoms with E-state index in [0.29, 0.717) is 0 Å². The van der Waals surface area contributed by atoms with Crippen LogP contribution in [0, 0.1) is 6.92 Å². The molecule has 0 spiro atoms. The smallest absolute Gasteiger partial charge is 0.321 e. The molecule has 6 heteroatoms. The molecule has 0 saturated carbocycles. The van der Waals surface area contributed by atoms with E-state index in [1.165, 1.54) is 19.2 Å². The Morgan fingerprint density at radius 1 is 1.08 bits per heavy atom. The molecule has 0 heterocycles. The minimum absolute atomic E-state index is 0.0894. The largest absolute Gasteiger partial charge is 0.460 e. The van der Waals surface area contributed by atoms with Gasteiger partial charge in [-0.05, 0) is 30.7 Å². The summed E-state index contributed by atoms with van der Waals surface area (Å²) >= 11 is 0. The molecule has 0 fully saturated rings. The topological polar surface area (TPSA) is 63.7 Å². The minimum Gasteiger partial charge on any atom is -0.460 e. The molecular weight excluding hydrogens is 338 g/mol. The van der Waals surface area contributed by atoms with Crippen LogP contribution in [0.2, 0.25) is 0 Å². The lowest BCUT2D eigenvalue weighted by atomic mass is 10.2. The third kappa shape index (κ3) is 5.55. The molecule has 0 aromatic heterocycles. The van der Waals surface area contributed by atoms with E-state index in [-0.39, 0.29) is 18.0 Å². The normalized spacial score (nSPS) is 11.8. The summed E-state index contributed by atoms with van der Waals surface area (Å²) < 4.78 is 30.8. The Balaban J connectivity index is 1.87. The van der Waals surface area contributed by atoms with Crippen molar-refractivity contribution in [1.29, 1.82) is 0 Å². The number of hydrogen-bond acceptors (Lipinski definition) is 4. The summed E-state index contributed by atoms with van der Waals surface area (Å²) in [5, 5.41) is 0.